The van der Waals surface area contributed by atoms with Gasteiger partial charge in [-0.05, 0) is 31.5 Å². The van der Waals surface area contributed by atoms with Crippen molar-refractivity contribution in [2.45, 2.75) is 26.4 Å². The second kappa shape index (κ2) is 6.10. The molecule has 0 aromatic heterocycles. The van der Waals surface area contributed by atoms with E-state index in [2.05, 4.69) is 11.8 Å². The summed E-state index contributed by atoms with van der Waals surface area (Å²) in [6.07, 6.45) is -0.0654. The lowest BCUT2D eigenvalue weighted by molar-refractivity contribution is 0.183. The zero-order chi connectivity index (χ0) is 11.1. The highest BCUT2D eigenvalue weighted by atomic mass is 16.5. The smallest absolute Gasteiger partial charge is 0.119 e. The Balaban J connectivity index is 2.73. The molecule has 2 heteroatoms. The topological polar surface area (TPSA) is 29.5 Å². The van der Waals surface area contributed by atoms with Crippen LogP contribution in [0.15, 0.2) is 24.3 Å². The maximum absolute atomic E-state index is 9.79. The zero-order valence-electron chi connectivity index (χ0n) is 9.16. The van der Waals surface area contributed by atoms with Gasteiger partial charge in [-0.1, -0.05) is 12.1 Å². The van der Waals surface area contributed by atoms with Crippen LogP contribution >= 0.6 is 0 Å². The van der Waals surface area contributed by atoms with Gasteiger partial charge in [-0.25, -0.2) is 0 Å². The summed E-state index contributed by atoms with van der Waals surface area (Å²) in [7, 11) is 0. The first kappa shape index (κ1) is 11.6. The molecular weight excluding hydrogens is 188 g/mol. The molecule has 1 atom stereocenters. The van der Waals surface area contributed by atoms with Crippen molar-refractivity contribution in [3.8, 4) is 17.6 Å². The first-order valence-corrected chi connectivity index (χ1v) is 5.08. The fraction of sp³-hybridized carbons (Fsp3) is 0.385. The molecule has 0 aliphatic rings. The maximum atomic E-state index is 9.79. The fourth-order valence-corrected chi connectivity index (χ4v) is 1.29. The maximum Gasteiger partial charge on any atom is 0.119 e. The van der Waals surface area contributed by atoms with Gasteiger partial charge in [0.1, 0.15) is 5.75 Å². The predicted molar refractivity (Wildman–Crippen MR) is 60.6 cm³/mol. The Bertz CT molecular complexity index is 360. The number of benzene rings is 1. The van der Waals surface area contributed by atoms with Gasteiger partial charge in [-0.15, -0.1) is 11.8 Å². The van der Waals surface area contributed by atoms with Crippen molar-refractivity contribution in [1.29, 1.82) is 0 Å². The highest BCUT2D eigenvalue weighted by Crippen LogP contribution is 2.21. The Labute approximate surface area is 90.9 Å². The van der Waals surface area contributed by atoms with Gasteiger partial charge in [0.2, 0.25) is 0 Å². The summed E-state index contributed by atoms with van der Waals surface area (Å²) in [5.41, 5.74) is 0.851. The average Bonchev–Trinajstić information content (AvgIpc) is 2.27. The van der Waals surface area contributed by atoms with Gasteiger partial charge in [0.05, 0.1) is 12.7 Å². The van der Waals surface area contributed by atoms with Crippen molar-refractivity contribution >= 4 is 0 Å². The normalized spacial score (nSPS) is 11.4. The van der Waals surface area contributed by atoms with Gasteiger partial charge >= 0.3 is 0 Å². The van der Waals surface area contributed by atoms with Crippen LogP contribution in [0.3, 0.4) is 0 Å². The lowest BCUT2D eigenvalue weighted by Gasteiger charge is -2.09. The molecule has 0 bridgehead atoms. The number of aliphatic hydroxyl groups excluding tert-OH is 1. The van der Waals surface area contributed by atoms with E-state index in [1.165, 1.54) is 0 Å². The number of ether oxygens (including phenoxy) is 1. The van der Waals surface area contributed by atoms with Crippen molar-refractivity contribution in [3.05, 3.63) is 29.8 Å². The van der Waals surface area contributed by atoms with Gasteiger partial charge in [0, 0.05) is 6.42 Å². The van der Waals surface area contributed by atoms with Crippen molar-refractivity contribution < 1.29 is 9.84 Å². The van der Waals surface area contributed by atoms with Crippen molar-refractivity contribution in [3.63, 3.8) is 0 Å². The van der Waals surface area contributed by atoms with E-state index < -0.39 is 6.10 Å². The van der Waals surface area contributed by atoms with Crippen LogP contribution in [0.5, 0.6) is 5.75 Å². The van der Waals surface area contributed by atoms with Crippen LogP contribution in [-0.2, 0) is 0 Å². The summed E-state index contributed by atoms with van der Waals surface area (Å²) in [4.78, 5) is 0. The molecule has 1 N–H and O–H groups in total. The van der Waals surface area contributed by atoms with Crippen LogP contribution in [0.4, 0.5) is 0 Å². The summed E-state index contributed by atoms with van der Waals surface area (Å²) in [5.74, 6) is 6.41. The molecule has 0 amide bonds. The third-order valence-electron chi connectivity index (χ3n) is 2.03. The molecule has 0 aliphatic heterocycles. The molecule has 1 aromatic rings. The van der Waals surface area contributed by atoms with Crippen molar-refractivity contribution in [2.75, 3.05) is 6.61 Å². The second-order valence-corrected chi connectivity index (χ2v) is 3.15. The third-order valence-corrected chi connectivity index (χ3v) is 2.03. The summed E-state index contributed by atoms with van der Waals surface area (Å²) in [5, 5.41) is 9.79. The van der Waals surface area contributed by atoms with Crippen molar-refractivity contribution in [1.82, 2.24) is 0 Å². The molecule has 2 nitrogen and oxygen atoms in total. The Morgan fingerprint density at radius 3 is 2.93 bits per heavy atom. The van der Waals surface area contributed by atoms with Gasteiger partial charge in [-0.3, -0.25) is 0 Å². The van der Waals surface area contributed by atoms with E-state index in [1.54, 1.807) is 6.92 Å². The highest BCUT2D eigenvalue weighted by Gasteiger charge is 2.06. The fourth-order valence-electron chi connectivity index (χ4n) is 1.29. The Morgan fingerprint density at radius 2 is 2.27 bits per heavy atom. The van der Waals surface area contributed by atoms with Gasteiger partial charge < -0.3 is 9.84 Å². The molecule has 80 valence electrons. The summed E-state index contributed by atoms with van der Waals surface area (Å²) < 4.78 is 5.35. The standard InChI is InChI=1S/C13H16O2/c1-3-5-9-13(14)11-7-6-8-12(10-11)15-4-2/h6-8,10,13-14H,4,9H2,1-2H3. The first-order chi connectivity index (χ1) is 7.27. The van der Waals surface area contributed by atoms with Gasteiger partial charge in [0.15, 0.2) is 0 Å². The van der Waals surface area contributed by atoms with Crippen molar-refractivity contribution in [2.24, 2.45) is 0 Å². The summed E-state index contributed by atoms with van der Waals surface area (Å²) >= 11 is 0. The highest BCUT2D eigenvalue weighted by molar-refractivity contribution is 5.30. The second-order valence-electron chi connectivity index (χ2n) is 3.15. The van der Waals surface area contributed by atoms with Crippen LogP contribution in [-0.4, -0.2) is 11.7 Å². The van der Waals surface area contributed by atoms with E-state index in [1.807, 2.05) is 31.2 Å². The van der Waals surface area contributed by atoms with E-state index in [4.69, 9.17) is 4.74 Å². The number of rotatable bonds is 4. The van der Waals surface area contributed by atoms with Gasteiger partial charge in [0.25, 0.3) is 0 Å². The molecule has 1 aromatic carbocycles. The lowest BCUT2D eigenvalue weighted by atomic mass is 10.1. The number of hydrogen-bond donors (Lipinski definition) is 1. The molecule has 1 rings (SSSR count). The minimum atomic E-state index is -0.530. The molecule has 0 saturated heterocycles. The average molecular weight is 204 g/mol. The molecule has 1 unspecified atom stereocenters. The Morgan fingerprint density at radius 1 is 1.47 bits per heavy atom. The summed E-state index contributed by atoms with van der Waals surface area (Å²) in [6, 6.07) is 7.49. The molecule has 0 spiro atoms. The molecule has 15 heavy (non-hydrogen) atoms. The summed E-state index contributed by atoms with van der Waals surface area (Å²) in [6.45, 7) is 4.34. The van der Waals surface area contributed by atoms with E-state index in [0.717, 1.165) is 11.3 Å². The van der Waals surface area contributed by atoms with E-state index in [-0.39, 0.29) is 0 Å². The number of aliphatic hydroxyl groups is 1. The molecule has 0 saturated carbocycles. The molecule has 0 aliphatic carbocycles. The predicted octanol–water partition coefficient (Wildman–Crippen LogP) is 2.53. The van der Waals surface area contributed by atoms with Crippen LogP contribution in [0.1, 0.15) is 31.9 Å². The minimum absolute atomic E-state index is 0.464. The van der Waals surface area contributed by atoms with Crippen LogP contribution in [0.2, 0.25) is 0 Å². The molecule has 0 radical (unpaired) electrons. The molecule has 0 fully saturated rings. The monoisotopic (exact) mass is 204 g/mol. The van der Waals surface area contributed by atoms with Gasteiger partial charge in [-0.2, -0.15) is 0 Å². The largest absolute Gasteiger partial charge is 0.494 e. The quantitative estimate of drug-likeness (QED) is 0.764. The van der Waals surface area contributed by atoms with E-state index in [9.17, 15) is 5.11 Å². The molecular formula is C13H16O2. The minimum Gasteiger partial charge on any atom is -0.494 e. The Kier molecular flexibility index (Phi) is 4.73. The van der Waals surface area contributed by atoms with Crippen LogP contribution < -0.4 is 4.74 Å². The van der Waals surface area contributed by atoms with E-state index in [0.29, 0.717) is 13.0 Å². The first-order valence-electron chi connectivity index (χ1n) is 5.08. The molecule has 0 heterocycles. The van der Waals surface area contributed by atoms with E-state index >= 15 is 0 Å². The lowest BCUT2D eigenvalue weighted by Crippen LogP contribution is -1.97. The zero-order valence-corrected chi connectivity index (χ0v) is 9.16. The van der Waals surface area contributed by atoms with Crippen LogP contribution in [0, 0.1) is 11.8 Å². The third kappa shape index (κ3) is 3.65. The Hall–Kier alpha value is -1.46. The SMILES string of the molecule is CC#CCC(O)c1cccc(OCC)c1. The number of hydrogen-bond acceptors (Lipinski definition) is 2. The van der Waals surface area contributed by atoms with Crippen LogP contribution in [0.25, 0.3) is 0 Å².